The Labute approximate surface area is 160 Å². The summed E-state index contributed by atoms with van der Waals surface area (Å²) in [5.74, 6) is -0.177. The van der Waals surface area contributed by atoms with Gasteiger partial charge in [-0.2, -0.15) is 5.10 Å². The van der Waals surface area contributed by atoms with E-state index in [1.54, 1.807) is 18.7 Å². The molecule has 2 heterocycles. The molecule has 0 aliphatic carbocycles. The van der Waals surface area contributed by atoms with Gasteiger partial charge in [0.05, 0.1) is 17.4 Å². The van der Waals surface area contributed by atoms with Gasteiger partial charge in [-0.15, -0.1) is 0 Å². The molecule has 5 nitrogen and oxygen atoms in total. The highest BCUT2D eigenvalue weighted by atomic mass is 19.1. The Morgan fingerprint density at radius 2 is 1.81 bits per heavy atom. The Morgan fingerprint density at radius 1 is 1.19 bits per heavy atom. The van der Waals surface area contributed by atoms with E-state index in [0.29, 0.717) is 17.7 Å². The van der Waals surface area contributed by atoms with Crippen LogP contribution in [0.5, 0.6) is 0 Å². The molecule has 0 fully saturated rings. The first-order valence-corrected chi connectivity index (χ1v) is 9.41. The standard InChI is InChI=1S/C21H28FN3O2/c1-13-10-16(11-14(2)19(13)22)17-12-18-15(3)24(8-7-9-25(18)23-17)20(26)27-21(4,5)6/h10-12,15H,7-9H2,1-6H3. The summed E-state index contributed by atoms with van der Waals surface area (Å²) in [4.78, 5) is 14.4. The minimum Gasteiger partial charge on any atom is -0.444 e. The van der Waals surface area contributed by atoms with Gasteiger partial charge in [0.25, 0.3) is 0 Å². The molecule has 1 amide bonds. The smallest absolute Gasteiger partial charge is 0.410 e. The van der Waals surface area contributed by atoms with Crippen LogP contribution in [0.1, 0.15) is 57.0 Å². The third-order valence-electron chi connectivity index (χ3n) is 4.84. The molecule has 1 aromatic carbocycles. The lowest BCUT2D eigenvalue weighted by molar-refractivity contribution is 0.0177. The van der Waals surface area contributed by atoms with Crippen molar-refractivity contribution >= 4 is 6.09 Å². The summed E-state index contributed by atoms with van der Waals surface area (Å²) in [6, 6.07) is 5.49. The molecule has 6 heteroatoms. The number of amides is 1. The zero-order valence-electron chi connectivity index (χ0n) is 17.0. The quantitative estimate of drug-likeness (QED) is 0.706. The Morgan fingerprint density at radius 3 is 2.41 bits per heavy atom. The number of halogens is 1. The number of benzene rings is 1. The van der Waals surface area contributed by atoms with Gasteiger partial charge >= 0.3 is 6.09 Å². The summed E-state index contributed by atoms with van der Waals surface area (Å²) in [7, 11) is 0. The second-order valence-electron chi connectivity index (χ2n) is 8.30. The third-order valence-corrected chi connectivity index (χ3v) is 4.84. The van der Waals surface area contributed by atoms with Gasteiger partial charge in [-0.1, -0.05) is 0 Å². The second kappa shape index (κ2) is 6.98. The summed E-state index contributed by atoms with van der Waals surface area (Å²) in [6.45, 7) is 12.5. The highest BCUT2D eigenvalue weighted by molar-refractivity contribution is 5.69. The van der Waals surface area contributed by atoms with E-state index in [1.165, 1.54) is 0 Å². The highest BCUT2D eigenvalue weighted by Gasteiger charge is 2.31. The molecule has 0 N–H and O–H groups in total. The van der Waals surface area contributed by atoms with E-state index in [1.807, 2.05) is 50.6 Å². The van der Waals surface area contributed by atoms with Gasteiger partial charge in [-0.05, 0) is 77.3 Å². The minimum atomic E-state index is -0.530. The summed E-state index contributed by atoms with van der Waals surface area (Å²) in [5, 5.41) is 4.73. The maximum Gasteiger partial charge on any atom is 0.410 e. The predicted octanol–water partition coefficient (Wildman–Crippen LogP) is 5.01. The van der Waals surface area contributed by atoms with Crippen molar-refractivity contribution in [2.75, 3.05) is 6.54 Å². The number of aryl methyl sites for hydroxylation is 3. The van der Waals surface area contributed by atoms with E-state index in [4.69, 9.17) is 9.84 Å². The van der Waals surface area contributed by atoms with Gasteiger partial charge in [0.2, 0.25) is 0 Å². The number of nitrogens with zero attached hydrogens (tertiary/aromatic N) is 3. The highest BCUT2D eigenvalue weighted by Crippen LogP contribution is 2.31. The van der Waals surface area contributed by atoms with E-state index in [0.717, 1.165) is 29.9 Å². The molecule has 1 atom stereocenters. The van der Waals surface area contributed by atoms with Gasteiger partial charge in [0.15, 0.2) is 0 Å². The molecule has 1 aliphatic rings. The lowest BCUT2D eigenvalue weighted by Crippen LogP contribution is -2.38. The topological polar surface area (TPSA) is 47.4 Å². The lowest BCUT2D eigenvalue weighted by atomic mass is 10.0. The van der Waals surface area contributed by atoms with Crippen LogP contribution < -0.4 is 0 Å². The average Bonchev–Trinajstić information content (AvgIpc) is 2.91. The predicted molar refractivity (Wildman–Crippen MR) is 103 cm³/mol. The van der Waals surface area contributed by atoms with Crippen molar-refractivity contribution in [1.29, 1.82) is 0 Å². The lowest BCUT2D eigenvalue weighted by Gasteiger charge is -2.30. The first-order valence-electron chi connectivity index (χ1n) is 9.41. The van der Waals surface area contributed by atoms with Crippen LogP contribution in [0.15, 0.2) is 18.2 Å². The fourth-order valence-electron chi connectivity index (χ4n) is 3.50. The van der Waals surface area contributed by atoms with E-state index >= 15 is 0 Å². The zero-order chi connectivity index (χ0) is 19.9. The van der Waals surface area contributed by atoms with Crippen LogP contribution in [0, 0.1) is 19.7 Å². The number of carbonyl (C=O) groups is 1. The summed E-state index contributed by atoms with van der Waals surface area (Å²) in [5.41, 5.74) is 3.34. The SMILES string of the molecule is Cc1cc(-c2cc3n(n2)CCCN(C(=O)OC(C)(C)C)C3C)cc(C)c1F. The van der Waals surface area contributed by atoms with E-state index in [2.05, 4.69) is 0 Å². The number of hydrogen-bond acceptors (Lipinski definition) is 3. The van der Waals surface area contributed by atoms with Crippen LogP contribution in [0.25, 0.3) is 11.3 Å². The zero-order valence-corrected chi connectivity index (χ0v) is 17.0. The first-order chi connectivity index (χ1) is 12.6. The fraction of sp³-hybridized carbons (Fsp3) is 0.524. The van der Waals surface area contributed by atoms with Crippen LogP contribution in [0.3, 0.4) is 0 Å². The van der Waals surface area contributed by atoms with Crippen LogP contribution >= 0.6 is 0 Å². The molecular weight excluding hydrogens is 345 g/mol. The molecule has 27 heavy (non-hydrogen) atoms. The molecule has 0 bridgehead atoms. The first kappa shape index (κ1) is 19.4. The van der Waals surface area contributed by atoms with Gasteiger partial charge in [0.1, 0.15) is 11.4 Å². The van der Waals surface area contributed by atoms with E-state index < -0.39 is 5.60 Å². The van der Waals surface area contributed by atoms with Crippen molar-refractivity contribution in [1.82, 2.24) is 14.7 Å². The molecule has 0 saturated heterocycles. The number of fused-ring (bicyclic) bond motifs is 1. The average molecular weight is 373 g/mol. The summed E-state index contributed by atoms with van der Waals surface area (Å²) < 4.78 is 21.5. The normalized spacial score (nSPS) is 17.4. The van der Waals surface area contributed by atoms with Crippen LogP contribution in [-0.2, 0) is 11.3 Å². The molecule has 3 rings (SSSR count). The van der Waals surface area contributed by atoms with Crippen molar-refractivity contribution in [3.8, 4) is 11.3 Å². The number of carbonyl (C=O) groups excluding carboxylic acids is 1. The largest absolute Gasteiger partial charge is 0.444 e. The van der Waals surface area contributed by atoms with Crippen LogP contribution in [0.2, 0.25) is 0 Å². The van der Waals surface area contributed by atoms with Crippen molar-refractivity contribution < 1.29 is 13.9 Å². The Balaban J connectivity index is 1.93. The Kier molecular flexibility index (Phi) is 5.02. The summed E-state index contributed by atoms with van der Waals surface area (Å²) in [6.07, 6.45) is 0.499. The van der Waals surface area contributed by atoms with Crippen molar-refractivity contribution in [2.24, 2.45) is 0 Å². The molecule has 0 saturated carbocycles. The number of ether oxygens (including phenoxy) is 1. The van der Waals surface area contributed by atoms with Crippen molar-refractivity contribution in [3.05, 3.63) is 40.8 Å². The van der Waals surface area contributed by atoms with E-state index in [-0.39, 0.29) is 18.0 Å². The van der Waals surface area contributed by atoms with E-state index in [9.17, 15) is 9.18 Å². The van der Waals surface area contributed by atoms with Gasteiger partial charge in [0, 0.05) is 18.7 Å². The second-order valence-corrected chi connectivity index (χ2v) is 8.30. The van der Waals surface area contributed by atoms with Crippen molar-refractivity contribution in [3.63, 3.8) is 0 Å². The van der Waals surface area contributed by atoms with Gasteiger partial charge < -0.3 is 4.74 Å². The molecule has 146 valence electrons. The number of aromatic nitrogens is 2. The Hall–Kier alpha value is -2.37. The summed E-state index contributed by atoms with van der Waals surface area (Å²) >= 11 is 0. The molecule has 2 aromatic rings. The molecular formula is C21H28FN3O2. The Bertz CT molecular complexity index is 844. The van der Waals surface area contributed by atoms with Crippen LogP contribution in [0.4, 0.5) is 9.18 Å². The molecule has 1 aromatic heterocycles. The maximum absolute atomic E-state index is 14.0. The number of rotatable bonds is 1. The van der Waals surface area contributed by atoms with Crippen LogP contribution in [-0.4, -0.2) is 32.9 Å². The monoisotopic (exact) mass is 373 g/mol. The molecule has 1 unspecified atom stereocenters. The minimum absolute atomic E-state index is 0.147. The maximum atomic E-state index is 14.0. The third kappa shape index (κ3) is 3.99. The molecule has 1 aliphatic heterocycles. The van der Waals surface area contributed by atoms with Gasteiger partial charge in [-0.3, -0.25) is 9.58 Å². The fourth-order valence-corrected chi connectivity index (χ4v) is 3.50. The number of hydrogen-bond donors (Lipinski definition) is 0. The molecule has 0 radical (unpaired) electrons. The van der Waals surface area contributed by atoms with Crippen molar-refractivity contribution in [2.45, 2.75) is 66.2 Å². The molecule has 0 spiro atoms. The van der Waals surface area contributed by atoms with Gasteiger partial charge in [-0.25, -0.2) is 9.18 Å².